The number of carboxylic acid groups (broad SMARTS) is 1. The molecule has 104 valence electrons. The second kappa shape index (κ2) is 8.08. The fraction of sp³-hybridized carbons (Fsp3) is 0.846. The summed E-state index contributed by atoms with van der Waals surface area (Å²) in [5.41, 5.74) is 0. The van der Waals surface area contributed by atoms with E-state index in [4.69, 9.17) is 5.11 Å². The standard InChI is InChI=1S/C13H24N2O3/c1-2-5-11(10-13(17)18)14-12(16)6-9-15-7-3-4-8-15/h11H,2-10H2,1H3,(H,14,16)(H,17,18). The number of nitrogens with zero attached hydrogens (tertiary/aromatic N) is 1. The molecule has 1 fully saturated rings. The second-order valence-corrected chi connectivity index (χ2v) is 4.95. The number of carboxylic acids is 1. The molecule has 1 amide bonds. The van der Waals surface area contributed by atoms with Gasteiger partial charge in [0.25, 0.3) is 0 Å². The van der Waals surface area contributed by atoms with Crippen LogP contribution in [0.25, 0.3) is 0 Å². The lowest BCUT2D eigenvalue weighted by molar-refractivity contribution is -0.137. The molecule has 1 aliphatic rings. The van der Waals surface area contributed by atoms with E-state index in [0.717, 1.165) is 32.5 Å². The van der Waals surface area contributed by atoms with Gasteiger partial charge in [-0.3, -0.25) is 9.59 Å². The molecule has 0 aromatic heterocycles. The van der Waals surface area contributed by atoms with Crippen molar-refractivity contribution in [2.75, 3.05) is 19.6 Å². The van der Waals surface area contributed by atoms with E-state index in [1.807, 2.05) is 6.92 Å². The maximum Gasteiger partial charge on any atom is 0.305 e. The van der Waals surface area contributed by atoms with Gasteiger partial charge in [-0.15, -0.1) is 0 Å². The summed E-state index contributed by atoms with van der Waals surface area (Å²) in [4.78, 5) is 24.7. The highest BCUT2D eigenvalue weighted by atomic mass is 16.4. The lowest BCUT2D eigenvalue weighted by Crippen LogP contribution is -2.38. The van der Waals surface area contributed by atoms with Gasteiger partial charge in [0.2, 0.25) is 5.91 Å². The van der Waals surface area contributed by atoms with Gasteiger partial charge in [-0.25, -0.2) is 0 Å². The average Bonchev–Trinajstić information content (AvgIpc) is 2.78. The molecular formula is C13H24N2O3. The molecule has 1 saturated heterocycles. The predicted molar refractivity (Wildman–Crippen MR) is 69.4 cm³/mol. The van der Waals surface area contributed by atoms with Crippen LogP contribution in [-0.4, -0.2) is 47.6 Å². The van der Waals surface area contributed by atoms with Crippen molar-refractivity contribution in [3.05, 3.63) is 0 Å². The molecule has 0 radical (unpaired) electrons. The van der Waals surface area contributed by atoms with E-state index in [2.05, 4.69) is 10.2 Å². The molecule has 18 heavy (non-hydrogen) atoms. The Kier molecular flexibility index (Phi) is 6.72. The zero-order chi connectivity index (χ0) is 13.4. The molecule has 5 nitrogen and oxygen atoms in total. The van der Waals surface area contributed by atoms with Gasteiger partial charge in [0.1, 0.15) is 0 Å². The first kappa shape index (κ1) is 15.0. The van der Waals surface area contributed by atoms with Gasteiger partial charge in [0.15, 0.2) is 0 Å². The normalized spacial score (nSPS) is 17.6. The summed E-state index contributed by atoms with van der Waals surface area (Å²) in [5, 5.41) is 11.6. The van der Waals surface area contributed by atoms with Gasteiger partial charge >= 0.3 is 5.97 Å². The third-order valence-corrected chi connectivity index (χ3v) is 3.28. The first-order valence-electron chi connectivity index (χ1n) is 6.85. The zero-order valence-corrected chi connectivity index (χ0v) is 11.2. The Labute approximate surface area is 109 Å². The summed E-state index contributed by atoms with van der Waals surface area (Å²) >= 11 is 0. The number of carbonyl (C=O) groups is 2. The smallest absolute Gasteiger partial charge is 0.305 e. The van der Waals surface area contributed by atoms with Crippen LogP contribution in [0.1, 0.15) is 45.4 Å². The lowest BCUT2D eigenvalue weighted by atomic mass is 10.1. The molecule has 0 aliphatic carbocycles. The number of hydrogen-bond donors (Lipinski definition) is 2. The van der Waals surface area contributed by atoms with Crippen LogP contribution in [0, 0.1) is 0 Å². The topological polar surface area (TPSA) is 69.6 Å². The number of rotatable bonds is 8. The quantitative estimate of drug-likeness (QED) is 0.685. The Hall–Kier alpha value is -1.10. The highest BCUT2D eigenvalue weighted by Crippen LogP contribution is 2.08. The van der Waals surface area contributed by atoms with E-state index in [1.165, 1.54) is 12.8 Å². The molecule has 0 saturated carbocycles. The number of likely N-dealkylation sites (tertiary alicyclic amines) is 1. The summed E-state index contributed by atoms with van der Waals surface area (Å²) in [7, 11) is 0. The highest BCUT2D eigenvalue weighted by Gasteiger charge is 2.17. The molecule has 0 aromatic carbocycles. The minimum atomic E-state index is -0.853. The third kappa shape index (κ3) is 6.00. The average molecular weight is 256 g/mol. The van der Waals surface area contributed by atoms with Crippen molar-refractivity contribution >= 4 is 11.9 Å². The van der Waals surface area contributed by atoms with Gasteiger partial charge in [0.05, 0.1) is 6.42 Å². The maximum atomic E-state index is 11.7. The van der Waals surface area contributed by atoms with Gasteiger partial charge in [0, 0.05) is 19.0 Å². The Morgan fingerprint density at radius 3 is 2.56 bits per heavy atom. The van der Waals surface area contributed by atoms with Crippen LogP contribution in [0.2, 0.25) is 0 Å². The summed E-state index contributed by atoms with van der Waals surface area (Å²) in [6, 6.07) is -0.224. The van der Waals surface area contributed by atoms with E-state index in [-0.39, 0.29) is 18.4 Å². The van der Waals surface area contributed by atoms with Crippen LogP contribution in [-0.2, 0) is 9.59 Å². The van der Waals surface area contributed by atoms with Crippen molar-refractivity contribution < 1.29 is 14.7 Å². The zero-order valence-electron chi connectivity index (χ0n) is 11.2. The fourth-order valence-corrected chi connectivity index (χ4v) is 2.35. The van der Waals surface area contributed by atoms with Gasteiger partial charge in [-0.1, -0.05) is 13.3 Å². The number of carbonyl (C=O) groups excluding carboxylic acids is 1. The molecule has 1 aliphatic heterocycles. The minimum absolute atomic E-state index is 0.0172. The van der Waals surface area contributed by atoms with Crippen molar-refractivity contribution in [1.82, 2.24) is 10.2 Å². The van der Waals surface area contributed by atoms with Crippen LogP contribution in [0.4, 0.5) is 0 Å². The van der Waals surface area contributed by atoms with Gasteiger partial charge in [-0.05, 0) is 32.4 Å². The van der Waals surface area contributed by atoms with Crippen LogP contribution in [0.5, 0.6) is 0 Å². The van der Waals surface area contributed by atoms with Crippen LogP contribution in [0.3, 0.4) is 0 Å². The molecular weight excluding hydrogens is 232 g/mol. The van der Waals surface area contributed by atoms with Crippen LogP contribution < -0.4 is 5.32 Å². The second-order valence-electron chi connectivity index (χ2n) is 4.95. The number of amides is 1. The first-order chi connectivity index (χ1) is 8.61. The Bertz CT molecular complexity index is 275. The van der Waals surface area contributed by atoms with Crippen molar-refractivity contribution in [3.8, 4) is 0 Å². The van der Waals surface area contributed by atoms with Gasteiger partial charge < -0.3 is 15.3 Å². The number of nitrogens with one attached hydrogen (secondary N) is 1. The first-order valence-corrected chi connectivity index (χ1v) is 6.85. The predicted octanol–water partition coefficient (Wildman–Crippen LogP) is 1.23. The SMILES string of the molecule is CCCC(CC(=O)O)NC(=O)CCN1CCCC1. The Morgan fingerprint density at radius 2 is 2.00 bits per heavy atom. The molecule has 0 bridgehead atoms. The lowest BCUT2D eigenvalue weighted by Gasteiger charge is -2.18. The third-order valence-electron chi connectivity index (χ3n) is 3.28. The highest BCUT2D eigenvalue weighted by molar-refractivity contribution is 5.77. The van der Waals surface area contributed by atoms with Crippen molar-refractivity contribution in [2.24, 2.45) is 0 Å². The molecule has 2 N–H and O–H groups in total. The summed E-state index contributed by atoms with van der Waals surface area (Å²) in [6.45, 7) is 4.95. The van der Waals surface area contributed by atoms with Crippen molar-refractivity contribution in [2.45, 2.75) is 51.5 Å². The summed E-state index contributed by atoms with van der Waals surface area (Å²) in [6.07, 6.45) is 4.54. The van der Waals surface area contributed by atoms with E-state index < -0.39 is 5.97 Å². The van der Waals surface area contributed by atoms with Crippen LogP contribution >= 0.6 is 0 Å². The van der Waals surface area contributed by atoms with E-state index in [0.29, 0.717) is 6.42 Å². The number of hydrogen-bond acceptors (Lipinski definition) is 3. The van der Waals surface area contributed by atoms with Crippen molar-refractivity contribution in [3.63, 3.8) is 0 Å². The van der Waals surface area contributed by atoms with E-state index in [9.17, 15) is 9.59 Å². The molecule has 0 spiro atoms. The Morgan fingerprint density at radius 1 is 1.33 bits per heavy atom. The van der Waals surface area contributed by atoms with Gasteiger partial charge in [-0.2, -0.15) is 0 Å². The minimum Gasteiger partial charge on any atom is -0.481 e. The molecule has 5 heteroatoms. The monoisotopic (exact) mass is 256 g/mol. The molecule has 1 atom stereocenters. The van der Waals surface area contributed by atoms with E-state index in [1.54, 1.807) is 0 Å². The van der Waals surface area contributed by atoms with Crippen LogP contribution in [0.15, 0.2) is 0 Å². The molecule has 0 aromatic rings. The Balaban J connectivity index is 2.24. The number of aliphatic carboxylic acids is 1. The van der Waals surface area contributed by atoms with Crippen molar-refractivity contribution in [1.29, 1.82) is 0 Å². The summed E-state index contributed by atoms with van der Waals surface area (Å²) in [5.74, 6) is -0.880. The molecule has 1 unspecified atom stereocenters. The fourth-order valence-electron chi connectivity index (χ4n) is 2.35. The summed E-state index contributed by atoms with van der Waals surface area (Å²) < 4.78 is 0. The molecule has 1 rings (SSSR count). The maximum absolute atomic E-state index is 11.7. The largest absolute Gasteiger partial charge is 0.481 e. The molecule has 1 heterocycles. The van der Waals surface area contributed by atoms with E-state index >= 15 is 0 Å².